The van der Waals surface area contributed by atoms with Crippen LogP contribution in [0.5, 0.6) is 0 Å². The van der Waals surface area contributed by atoms with Gasteiger partial charge in [0.05, 0.1) is 12.5 Å². The third kappa shape index (κ3) is 15.4. The highest BCUT2D eigenvalue weighted by Gasteiger charge is 2.25. The van der Waals surface area contributed by atoms with Gasteiger partial charge in [-0.15, -0.1) is 0 Å². The summed E-state index contributed by atoms with van der Waals surface area (Å²) < 4.78 is 21.4. The van der Waals surface area contributed by atoms with Gasteiger partial charge in [-0.1, -0.05) is 25.1 Å². The summed E-state index contributed by atoms with van der Waals surface area (Å²) in [5, 5.41) is 27.2. The monoisotopic (exact) mass is 778 g/mol. The van der Waals surface area contributed by atoms with E-state index >= 15 is 0 Å². The van der Waals surface area contributed by atoms with Gasteiger partial charge in [0, 0.05) is 59.4 Å². The predicted octanol–water partition coefficient (Wildman–Crippen LogP) is 2.23. The Kier molecular flexibility index (Phi) is 16.8. The van der Waals surface area contributed by atoms with Gasteiger partial charge in [0.2, 0.25) is 5.91 Å². The summed E-state index contributed by atoms with van der Waals surface area (Å²) in [5.41, 5.74) is 8.02. The molecule has 55 heavy (non-hydrogen) atoms. The Labute approximate surface area is 317 Å². The summed E-state index contributed by atoms with van der Waals surface area (Å²) in [5.74, 6) is -2.76. The van der Waals surface area contributed by atoms with Crippen molar-refractivity contribution in [1.82, 2.24) is 26.2 Å². The van der Waals surface area contributed by atoms with Crippen LogP contribution in [0.25, 0.3) is 0 Å². The third-order valence-corrected chi connectivity index (χ3v) is 7.79. The van der Waals surface area contributed by atoms with Gasteiger partial charge in [-0.3, -0.25) is 28.3 Å². The molecule has 10 N–H and O–H groups in total. The molecule has 19 nitrogen and oxygen atoms in total. The van der Waals surface area contributed by atoms with Crippen LogP contribution in [0.2, 0.25) is 0 Å². The van der Waals surface area contributed by atoms with E-state index in [0.29, 0.717) is 34.9 Å². The summed E-state index contributed by atoms with van der Waals surface area (Å²) >= 11 is -2.28. The molecule has 0 aliphatic carbocycles. The number of carboxylic acids is 1. The molecule has 3 aromatic carbocycles. The average Bonchev–Trinajstić information content (AvgIpc) is 3.45. The first-order valence-electron chi connectivity index (χ1n) is 16.6. The topological polar surface area (TPSA) is 293 Å². The average molecular weight is 779 g/mol. The molecular formula is C35H40N9O10S-. The van der Waals surface area contributed by atoms with E-state index in [1.807, 2.05) is 6.92 Å². The number of urea groups is 3. The van der Waals surface area contributed by atoms with Crippen LogP contribution in [0.3, 0.4) is 0 Å². The molecule has 2 unspecified atom stereocenters. The third-order valence-electron chi connectivity index (χ3n) is 7.15. The summed E-state index contributed by atoms with van der Waals surface area (Å²) in [6, 6.07) is 16.5. The first-order valence-corrected chi connectivity index (χ1v) is 17.7. The van der Waals surface area contributed by atoms with Crippen molar-refractivity contribution in [2.45, 2.75) is 30.7 Å². The maximum absolute atomic E-state index is 12.5. The van der Waals surface area contributed by atoms with E-state index in [1.165, 1.54) is 24.3 Å². The number of aliphatic carboxylic acids is 1. The Balaban J connectivity index is 0.000000424. The first-order chi connectivity index (χ1) is 26.2. The second-order valence-corrected chi connectivity index (χ2v) is 12.4. The molecule has 0 saturated heterocycles. The second-order valence-electron chi connectivity index (χ2n) is 11.5. The maximum Gasteiger partial charge on any atom is 0.319 e. The van der Waals surface area contributed by atoms with E-state index in [4.69, 9.17) is 5.73 Å². The molecule has 0 radical (unpaired) electrons. The number of imide groups is 1. The molecule has 3 aromatic rings. The number of rotatable bonds is 15. The molecule has 9 amide bonds. The number of nitrogens with one attached hydrogen (secondary N) is 7. The van der Waals surface area contributed by atoms with E-state index in [-0.39, 0.29) is 30.4 Å². The van der Waals surface area contributed by atoms with Crippen molar-refractivity contribution in [3.63, 3.8) is 0 Å². The van der Waals surface area contributed by atoms with Crippen LogP contribution in [0.4, 0.5) is 37.1 Å². The number of carboxylic acid groups (broad SMARTS) is 1. The molecule has 20 heteroatoms. The maximum atomic E-state index is 12.5. The first kappa shape index (κ1) is 42.6. The Bertz CT molecular complexity index is 1910. The highest BCUT2D eigenvalue weighted by atomic mass is 32.2. The van der Waals surface area contributed by atoms with Gasteiger partial charge in [0.1, 0.15) is 6.54 Å². The Morgan fingerprint density at radius 2 is 1.33 bits per heavy atom. The summed E-state index contributed by atoms with van der Waals surface area (Å²) in [7, 11) is 0. The van der Waals surface area contributed by atoms with E-state index in [9.17, 15) is 47.4 Å². The van der Waals surface area contributed by atoms with Gasteiger partial charge in [-0.2, -0.15) is 0 Å². The van der Waals surface area contributed by atoms with Crippen LogP contribution >= 0.6 is 0 Å². The fourth-order valence-corrected chi connectivity index (χ4v) is 5.01. The van der Waals surface area contributed by atoms with Crippen molar-refractivity contribution in [3.8, 4) is 0 Å². The van der Waals surface area contributed by atoms with Gasteiger partial charge in [-0.05, 0) is 77.7 Å². The summed E-state index contributed by atoms with van der Waals surface area (Å²) in [4.78, 5) is 82.7. The number of nitrogens with zero attached hydrogens (tertiary/aromatic N) is 1. The van der Waals surface area contributed by atoms with Crippen molar-refractivity contribution in [2.24, 2.45) is 0 Å². The molecule has 1 heterocycles. The van der Waals surface area contributed by atoms with E-state index in [2.05, 4.69) is 37.2 Å². The zero-order chi connectivity index (χ0) is 40.3. The fraction of sp³-hybridized carbons (Fsp3) is 0.229. The van der Waals surface area contributed by atoms with E-state index in [1.54, 1.807) is 48.5 Å². The molecule has 0 spiro atoms. The van der Waals surface area contributed by atoms with Crippen molar-refractivity contribution in [1.29, 1.82) is 0 Å². The second kappa shape index (κ2) is 21.7. The minimum Gasteiger partial charge on any atom is -0.768 e. The molecule has 0 saturated carbocycles. The Morgan fingerprint density at radius 3 is 1.91 bits per heavy atom. The lowest BCUT2D eigenvalue weighted by atomic mass is 10.0. The van der Waals surface area contributed by atoms with Gasteiger partial charge in [0.15, 0.2) is 0 Å². The molecule has 0 bridgehead atoms. The van der Waals surface area contributed by atoms with E-state index in [0.717, 1.165) is 23.5 Å². The number of nitrogen functional groups attached to an aromatic ring is 1. The normalized spacial score (nSPS) is 12.7. The summed E-state index contributed by atoms with van der Waals surface area (Å²) in [6.45, 7) is 2.28. The molecule has 4 rings (SSSR count). The van der Waals surface area contributed by atoms with Crippen LogP contribution in [0, 0.1) is 0 Å². The molecule has 0 fully saturated rings. The summed E-state index contributed by atoms with van der Waals surface area (Å²) in [6.07, 6.45) is 2.67. The standard InChI is InChI=1S/C25H27N7O7.C10H14N2O3S/c26-16-3-1-2-15(12-16)19(13-23(36)37)31-25(39)30-18-6-4-17(5-7-18)29-24(38)28-11-10-27-20(33)14-32-21(34)8-9-22(32)35;1-2-6-11-10(13)12-8-4-3-5-9(7-8)16(14)15/h1-9,12,19H,10-11,13-14,26H2,(H,27,33)(H,36,37)(H2,28,29,38)(H2,30,31,39);3-5,7H,2,6H2,1H3,(H,14,15)(H2,11,12,13)/p-1. The zero-order valence-electron chi connectivity index (χ0n) is 29.5. The van der Waals surface area contributed by atoms with Gasteiger partial charge < -0.3 is 52.6 Å². The number of anilines is 4. The zero-order valence-corrected chi connectivity index (χ0v) is 30.3. The van der Waals surface area contributed by atoms with Crippen molar-refractivity contribution in [3.05, 3.63) is 90.5 Å². The van der Waals surface area contributed by atoms with Gasteiger partial charge in [0.25, 0.3) is 11.8 Å². The number of nitrogens with two attached hydrogens (primary N) is 1. The minimum atomic E-state index is -2.28. The van der Waals surface area contributed by atoms with Gasteiger partial charge in [-0.25, -0.2) is 14.4 Å². The minimum absolute atomic E-state index is 0.0757. The van der Waals surface area contributed by atoms with Crippen LogP contribution < -0.4 is 43.0 Å². The van der Waals surface area contributed by atoms with E-state index < -0.39 is 59.4 Å². The fourth-order valence-electron chi connectivity index (χ4n) is 4.60. The SMILES string of the molecule is CCCNC(=O)Nc1cccc(S(=O)[O-])c1.Nc1cccc(C(CC(=O)O)NC(=O)Nc2ccc(NC(=O)NCCNC(=O)CN3C(=O)C=CC3=O)cc2)c1. The number of amides is 9. The number of carbonyl (C=O) groups excluding carboxylic acids is 6. The quantitative estimate of drug-likeness (QED) is 0.0467. The van der Waals surface area contributed by atoms with Crippen LogP contribution in [-0.4, -0.2) is 86.7 Å². The number of carbonyl (C=O) groups is 7. The lowest BCUT2D eigenvalue weighted by Gasteiger charge is -2.18. The van der Waals surface area contributed by atoms with Crippen molar-refractivity contribution >= 4 is 75.6 Å². The van der Waals surface area contributed by atoms with Crippen LogP contribution in [-0.2, 0) is 30.3 Å². The molecule has 1 aliphatic heterocycles. The lowest BCUT2D eigenvalue weighted by molar-refractivity contribution is -0.141. The van der Waals surface area contributed by atoms with Gasteiger partial charge >= 0.3 is 24.1 Å². The highest BCUT2D eigenvalue weighted by molar-refractivity contribution is 7.79. The van der Waals surface area contributed by atoms with Crippen LogP contribution in [0.15, 0.2) is 89.8 Å². The smallest absolute Gasteiger partial charge is 0.319 e. The Morgan fingerprint density at radius 1 is 0.764 bits per heavy atom. The van der Waals surface area contributed by atoms with Crippen LogP contribution in [0.1, 0.15) is 31.4 Å². The highest BCUT2D eigenvalue weighted by Crippen LogP contribution is 2.20. The molecule has 1 aliphatic rings. The largest absolute Gasteiger partial charge is 0.768 e. The molecule has 0 aromatic heterocycles. The van der Waals surface area contributed by atoms with Crippen molar-refractivity contribution in [2.75, 3.05) is 47.9 Å². The number of hydrogen-bond donors (Lipinski definition) is 9. The molecule has 292 valence electrons. The number of benzene rings is 3. The predicted molar refractivity (Wildman–Crippen MR) is 201 cm³/mol. The number of hydrogen-bond acceptors (Lipinski definition) is 10. The molecular weight excluding hydrogens is 739 g/mol. The van der Waals surface area contributed by atoms with Crippen molar-refractivity contribution < 1.29 is 47.4 Å². The lowest BCUT2D eigenvalue weighted by Crippen LogP contribution is -2.43. The molecule has 2 atom stereocenters. The Hall–Kier alpha value is -6.80.